The first-order chi connectivity index (χ1) is 16.7. The molecule has 0 spiro atoms. The number of benzene rings is 3. The standard InChI is InChI=1S/C25H27N3O5S2/c1-17(2)16-33-22-10-4-18(5-11-22)24(29)27-25(34)26-19-8-14-23(15-9-19)35(30,31)28-20-6-12-21(32-3)13-7-20/h4-15,17,28H,16H2,1-3H3,(H2,26,27,29,34). The van der Waals surface area contributed by atoms with Gasteiger partial charge in [-0.3, -0.25) is 14.8 Å². The van der Waals surface area contributed by atoms with Crippen LogP contribution in [0.3, 0.4) is 0 Å². The highest BCUT2D eigenvalue weighted by Gasteiger charge is 2.15. The first kappa shape index (κ1) is 26.0. The molecule has 184 valence electrons. The van der Waals surface area contributed by atoms with Crippen molar-refractivity contribution in [1.29, 1.82) is 0 Å². The topological polar surface area (TPSA) is 106 Å². The molecule has 0 bridgehead atoms. The van der Waals surface area contributed by atoms with E-state index in [0.717, 1.165) is 0 Å². The monoisotopic (exact) mass is 513 g/mol. The quantitative estimate of drug-likeness (QED) is 0.358. The molecule has 3 aromatic carbocycles. The Bertz CT molecular complexity index is 1260. The van der Waals surface area contributed by atoms with E-state index in [0.29, 0.717) is 41.0 Å². The van der Waals surface area contributed by atoms with E-state index in [2.05, 4.69) is 29.2 Å². The summed E-state index contributed by atoms with van der Waals surface area (Å²) in [6.45, 7) is 4.71. The van der Waals surface area contributed by atoms with Gasteiger partial charge in [-0.15, -0.1) is 0 Å². The molecule has 0 fully saturated rings. The van der Waals surface area contributed by atoms with E-state index < -0.39 is 10.0 Å². The molecule has 3 N–H and O–H groups in total. The van der Waals surface area contributed by atoms with E-state index in [-0.39, 0.29) is 15.9 Å². The number of ether oxygens (including phenoxy) is 2. The molecule has 0 aromatic heterocycles. The molecule has 35 heavy (non-hydrogen) atoms. The maximum atomic E-state index is 12.6. The second-order valence-corrected chi connectivity index (χ2v) is 10.1. The van der Waals surface area contributed by atoms with E-state index in [4.69, 9.17) is 21.7 Å². The molecule has 0 saturated heterocycles. The first-order valence-corrected chi connectivity index (χ1v) is 12.7. The minimum Gasteiger partial charge on any atom is -0.497 e. The lowest BCUT2D eigenvalue weighted by Crippen LogP contribution is -2.34. The number of sulfonamides is 1. The summed E-state index contributed by atoms with van der Waals surface area (Å²) in [5.41, 5.74) is 1.37. The Kier molecular flexibility index (Phi) is 8.67. The molecular formula is C25H27N3O5S2. The van der Waals surface area contributed by atoms with Crippen LogP contribution in [0.2, 0.25) is 0 Å². The molecule has 0 saturated carbocycles. The zero-order valence-electron chi connectivity index (χ0n) is 19.6. The van der Waals surface area contributed by atoms with Crippen LogP contribution in [-0.4, -0.2) is 33.2 Å². The fourth-order valence-electron chi connectivity index (χ4n) is 2.89. The summed E-state index contributed by atoms with van der Waals surface area (Å²) < 4.78 is 38.5. The van der Waals surface area contributed by atoms with Crippen molar-refractivity contribution in [3.8, 4) is 11.5 Å². The van der Waals surface area contributed by atoms with Crippen molar-refractivity contribution in [1.82, 2.24) is 5.32 Å². The fraction of sp³-hybridized carbons (Fsp3) is 0.200. The Labute approximate surface area is 210 Å². The van der Waals surface area contributed by atoms with Gasteiger partial charge in [0, 0.05) is 16.9 Å². The summed E-state index contributed by atoms with van der Waals surface area (Å²) in [5.74, 6) is 1.34. The highest BCUT2D eigenvalue weighted by molar-refractivity contribution is 7.92. The van der Waals surface area contributed by atoms with E-state index in [1.165, 1.54) is 19.2 Å². The number of carbonyl (C=O) groups is 1. The van der Waals surface area contributed by atoms with Gasteiger partial charge in [0.1, 0.15) is 11.5 Å². The van der Waals surface area contributed by atoms with E-state index >= 15 is 0 Å². The van der Waals surface area contributed by atoms with Crippen LogP contribution in [-0.2, 0) is 10.0 Å². The van der Waals surface area contributed by atoms with Crippen LogP contribution in [0.1, 0.15) is 24.2 Å². The molecule has 0 heterocycles. The van der Waals surface area contributed by atoms with Crippen LogP contribution in [0.15, 0.2) is 77.7 Å². The number of nitrogens with one attached hydrogen (secondary N) is 3. The molecule has 0 radical (unpaired) electrons. The first-order valence-electron chi connectivity index (χ1n) is 10.8. The predicted molar refractivity (Wildman–Crippen MR) is 141 cm³/mol. The molecule has 3 aromatic rings. The van der Waals surface area contributed by atoms with Crippen LogP contribution >= 0.6 is 12.2 Å². The molecule has 1 amide bonds. The zero-order valence-corrected chi connectivity index (χ0v) is 21.2. The third-order valence-corrected chi connectivity index (χ3v) is 6.29. The molecule has 8 nitrogen and oxygen atoms in total. The zero-order chi connectivity index (χ0) is 25.4. The van der Waals surface area contributed by atoms with Crippen LogP contribution in [0.25, 0.3) is 0 Å². The summed E-state index contributed by atoms with van der Waals surface area (Å²) in [6.07, 6.45) is 0. The third kappa shape index (κ3) is 7.69. The second-order valence-electron chi connectivity index (χ2n) is 8.00. The van der Waals surface area contributed by atoms with Gasteiger partial charge in [-0.05, 0) is 90.9 Å². The van der Waals surface area contributed by atoms with Gasteiger partial charge in [0.15, 0.2) is 5.11 Å². The van der Waals surface area contributed by atoms with Crippen LogP contribution < -0.4 is 24.8 Å². The number of carbonyl (C=O) groups excluding carboxylic acids is 1. The molecule has 10 heteroatoms. The summed E-state index contributed by atoms with van der Waals surface area (Å²) in [7, 11) is -2.24. The molecule has 0 unspecified atom stereocenters. The van der Waals surface area contributed by atoms with Crippen molar-refractivity contribution < 1.29 is 22.7 Å². The van der Waals surface area contributed by atoms with E-state index in [1.807, 2.05) is 0 Å². The van der Waals surface area contributed by atoms with Gasteiger partial charge < -0.3 is 14.8 Å². The predicted octanol–water partition coefficient (Wildman–Crippen LogP) is 4.66. The highest BCUT2D eigenvalue weighted by Crippen LogP contribution is 2.20. The van der Waals surface area contributed by atoms with Crippen molar-refractivity contribution in [2.75, 3.05) is 23.8 Å². The SMILES string of the molecule is COc1ccc(NS(=O)(=O)c2ccc(NC(=S)NC(=O)c3ccc(OCC(C)C)cc3)cc2)cc1. The molecule has 3 rings (SSSR count). The van der Waals surface area contributed by atoms with Gasteiger partial charge in [-0.1, -0.05) is 13.8 Å². The Morgan fingerprint density at radius 3 is 2.03 bits per heavy atom. The third-order valence-electron chi connectivity index (χ3n) is 4.69. The summed E-state index contributed by atoms with van der Waals surface area (Å²) >= 11 is 5.21. The number of methoxy groups -OCH3 is 1. The van der Waals surface area contributed by atoms with Gasteiger partial charge in [-0.25, -0.2) is 8.42 Å². The van der Waals surface area contributed by atoms with E-state index in [9.17, 15) is 13.2 Å². The van der Waals surface area contributed by atoms with Gasteiger partial charge in [0.2, 0.25) is 0 Å². The van der Waals surface area contributed by atoms with Gasteiger partial charge >= 0.3 is 0 Å². The molecule has 0 aliphatic carbocycles. The van der Waals surface area contributed by atoms with Crippen molar-refractivity contribution in [2.45, 2.75) is 18.7 Å². The Morgan fingerprint density at radius 2 is 1.46 bits per heavy atom. The average molecular weight is 514 g/mol. The highest BCUT2D eigenvalue weighted by atomic mass is 32.2. The number of thiocarbonyl (C=S) groups is 1. The summed E-state index contributed by atoms with van der Waals surface area (Å²) in [5, 5.41) is 5.56. The maximum absolute atomic E-state index is 12.6. The second kappa shape index (κ2) is 11.7. The fourth-order valence-corrected chi connectivity index (χ4v) is 4.16. The Hall–Kier alpha value is -3.63. The summed E-state index contributed by atoms with van der Waals surface area (Å²) in [6, 6.07) is 19.3. The van der Waals surface area contributed by atoms with Crippen LogP contribution in [0.5, 0.6) is 11.5 Å². The smallest absolute Gasteiger partial charge is 0.261 e. The number of rotatable bonds is 9. The van der Waals surface area contributed by atoms with Gasteiger partial charge in [-0.2, -0.15) is 0 Å². The van der Waals surface area contributed by atoms with Crippen molar-refractivity contribution >= 4 is 44.6 Å². The van der Waals surface area contributed by atoms with Crippen molar-refractivity contribution in [3.05, 3.63) is 78.4 Å². The largest absolute Gasteiger partial charge is 0.497 e. The lowest BCUT2D eigenvalue weighted by atomic mass is 10.2. The molecule has 0 atom stereocenters. The molecule has 0 aliphatic heterocycles. The van der Waals surface area contributed by atoms with Gasteiger partial charge in [0.05, 0.1) is 18.6 Å². The lowest BCUT2D eigenvalue weighted by Gasteiger charge is -2.12. The number of hydrogen-bond acceptors (Lipinski definition) is 6. The van der Waals surface area contributed by atoms with Crippen molar-refractivity contribution in [2.24, 2.45) is 5.92 Å². The Morgan fingerprint density at radius 1 is 0.886 bits per heavy atom. The van der Waals surface area contributed by atoms with Gasteiger partial charge in [0.25, 0.3) is 15.9 Å². The van der Waals surface area contributed by atoms with Crippen LogP contribution in [0, 0.1) is 5.92 Å². The van der Waals surface area contributed by atoms with E-state index in [1.54, 1.807) is 60.7 Å². The van der Waals surface area contributed by atoms with Crippen LogP contribution in [0.4, 0.5) is 11.4 Å². The maximum Gasteiger partial charge on any atom is 0.261 e. The van der Waals surface area contributed by atoms with Crippen molar-refractivity contribution in [3.63, 3.8) is 0 Å². The lowest BCUT2D eigenvalue weighted by molar-refractivity contribution is 0.0977. The molecule has 0 aliphatic rings. The summed E-state index contributed by atoms with van der Waals surface area (Å²) in [4.78, 5) is 12.5. The minimum atomic E-state index is -3.78. The molecular weight excluding hydrogens is 486 g/mol. The number of anilines is 2. The number of amides is 1. The average Bonchev–Trinajstić information content (AvgIpc) is 2.83. The number of hydrogen-bond donors (Lipinski definition) is 3. The Balaban J connectivity index is 1.55. The minimum absolute atomic E-state index is 0.0774. The normalized spacial score (nSPS) is 11.0.